The van der Waals surface area contributed by atoms with Gasteiger partial charge in [-0.1, -0.05) is 0 Å². The van der Waals surface area contributed by atoms with Crippen LogP contribution in [0.1, 0.15) is 10.4 Å². The van der Waals surface area contributed by atoms with E-state index in [0.717, 1.165) is 0 Å². The molecule has 0 spiro atoms. The normalized spacial score (nSPS) is 9.46. The number of nitrogens with zero attached hydrogens (tertiary/aromatic N) is 1. The highest BCUT2D eigenvalue weighted by Gasteiger charge is 2.13. The van der Waals surface area contributed by atoms with E-state index in [0.29, 0.717) is 5.56 Å². The van der Waals surface area contributed by atoms with Gasteiger partial charge in [-0.3, -0.25) is 9.78 Å². The largest absolute Gasteiger partial charge is 0.490 e. The van der Waals surface area contributed by atoms with Crippen LogP contribution in [-0.4, -0.2) is 35.1 Å². The first kappa shape index (κ1) is 9.69. The van der Waals surface area contributed by atoms with E-state index in [2.05, 4.69) is 10.3 Å². The number of carbonyl (C=O) groups excluding carboxylic acids is 1. The first-order valence-electron chi connectivity index (χ1n) is 3.68. The molecule has 68 valence electrons. The average Bonchev–Trinajstić information content (AvgIpc) is 2.17. The first-order valence-corrected chi connectivity index (χ1v) is 3.68. The smallest absolute Gasteiger partial charge is 0.423 e. The maximum absolute atomic E-state index is 11.1. The van der Waals surface area contributed by atoms with Crippen molar-refractivity contribution < 1.29 is 14.8 Å². The fraction of sp³-hybridized carbons (Fsp3) is 0.143. The molecule has 5 nitrogen and oxygen atoms in total. The Morgan fingerprint density at radius 1 is 1.54 bits per heavy atom. The molecule has 1 amide bonds. The molecule has 1 heterocycles. The monoisotopic (exact) mass is 180 g/mol. The molecule has 0 aliphatic rings. The van der Waals surface area contributed by atoms with E-state index in [1.165, 1.54) is 25.5 Å². The van der Waals surface area contributed by atoms with Crippen LogP contribution < -0.4 is 10.8 Å². The number of nitrogens with one attached hydrogen (secondary N) is 1. The molecule has 0 saturated heterocycles. The molecular formula is C7H9BN2O3. The van der Waals surface area contributed by atoms with Crippen molar-refractivity contribution in [3.63, 3.8) is 0 Å². The minimum Gasteiger partial charge on any atom is -0.423 e. The number of rotatable bonds is 2. The SMILES string of the molecule is CNC(=O)c1cncc(B(O)O)c1. The molecule has 0 atom stereocenters. The van der Waals surface area contributed by atoms with Crippen molar-refractivity contribution in [1.29, 1.82) is 0 Å². The molecule has 1 aromatic heterocycles. The lowest BCUT2D eigenvalue weighted by Gasteiger charge is -2.01. The van der Waals surface area contributed by atoms with Crippen LogP contribution in [0.5, 0.6) is 0 Å². The van der Waals surface area contributed by atoms with E-state index in [1.54, 1.807) is 0 Å². The molecule has 0 aliphatic carbocycles. The molecule has 0 radical (unpaired) electrons. The fourth-order valence-electron chi connectivity index (χ4n) is 0.867. The predicted octanol–water partition coefficient (Wildman–Crippen LogP) is -1.88. The van der Waals surface area contributed by atoms with Crippen molar-refractivity contribution in [2.45, 2.75) is 0 Å². The van der Waals surface area contributed by atoms with Gasteiger partial charge in [0.05, 0.1) is 5.56 Å². The number of amides is 1. The summed E-state index contributed by atoms with van der Waals surface area (Å²) in [6.07, 6.45) is 2.64. The van der Waals surface area contributed by atoms with Gasteiger partial charge < -0.3 is 15.4 Å². The number of pyridine rings is 1. The van der Waals surface area contributed by atoms with Crippen molar-refractivity contribution >= 4 is 18.5 Å². The molecule has 0 aromatic carbocycles. The van der Waals surface area contributed by atoms with Gasteiger partial charge in [-0.2, -0.15) is 0 Å². The molecule has 13 heavy (non-hydrogen) atoms. The van der Waals surface area contributed by atoms with E-state index < -0.39 is 7.12 Å². The van der Waals surface area contributed by atoms with Crippen LogP contribution in [0.4, 0.5) is 0 Å². The summed E-state index contributed by atoms with van der Waals surface area (Å²) in [5.41, 5.74) is 0.495. The van der Waals surface area contributed by atoms with Crippen LogP contribution in [0.15, 0.2) is 18.5 Å². The molecule has 6 heteroatoms. The van der Waals surface area contributed by atoms with Gasteiger partial charge >= 0.3 is 7.12 Å². The van der Waals surface area contributed by atoms with Gasteiger partial charge in [0.2, 0.25) is 0 Å². The van der Waals surface area contributed by atoms with Gasteiger partial charge in [0.25, 0.3) is 5.91 Å². The third-order valence-electron chi connectivity index (χ3n) is 1.55. The van der Waals surface area contributed by atoms with Crippen molar-refractivity contribution in [3.05, 3.63) is 24.0 Å². The number of carbonyl (C=O) groups is 1. The summed E-state index contributed by atoms with van der Waals surface area (Å²) >= 11 is 0. The summed E-state index contributed by atoms with van der Waals surface area (Å²) in [6.45, 7) is 0. The molecule has 0 saturated carbocycles. The van der Waals surface area contributed by atoms with Gasteiger partial charge in [0, 0.05) is 24.9 Å². The van der Waals surface area contributed by atoms with E-state index in [1.807, 2.05) is 0 Å². The summed E-state index contributed by atoms with van der Waals surface area (Å²) in [5, 5.41) is 20.0. The summed E-state index contributed by atoms with van der Waals surface area (Å²) in [6, 6.07) is 1.37. The third kappa shape index (κ3) is 2.27. The molecule has 1 aromatic rings. The topological polar surface area (TPSA) is 82.5 Å². The van der Waals surface area contributed by atoms with Crippen molar-refractivity contribution in [3.8, 4) is 0 Å². The Balaban J connectivity index is 2.98. The number of aromatic nitrogens is 1. The maximum atomic E-state index is 11.1. The molecule has 0 aliphatic heterocycles. The minimum atomic E-state index is -1.60. The van der Waals surface area contributed by atoms with Crippen LogP contribution >= 0.6 is 0 Å². The lowest BCUT2D eigenvalue weighted by atomic mass is 9.81. The van der Waals surface area contributed by atoms with Crippen molar-refractivity contribution in [2.24, 2.45) is 0 Å². The third-order valence-corrected chi connectivity index (χ3v) is 1.55. The lowest BCUT2D eigenvalue weighted by Crippen LogP contribution is -2.31. The van der Waals surface area contributed by atoms with Gasteiger partial charge in [0.1, 0.15) is 0 Å². The zero-order valence-corrected chi connectivity index (χ0v) is 7.06. The van der Waals surface area contributed by atoms with Gasteiger partial charge in [0.15, 0.2) is 0 Å². The summed E-state index contributed by atoms with van der Waals surface area (Å²) in [7, 11) is -0.109. The van der Waals surface area contributed by atoms with E-state index in [9.17, 15) is 4.79 Å². The zero-order chi connectivity index (χ0) is 9.84. The number of hydrogen-bond acceptors (Lipinski definition) is 4. The molecule has 0 bridgehead atoms. The van der Waals surface area contributed by atoms with E-state index >= 15 is 0 Å². The second-order valence-electron chi connectivity index (χ2n) is 2.46. The summed E-state index contributed by atoms with van der Waals surface area (Å²) < 4.78 is 0. The zero-order valence-electron chi connectivity index (χ0n) is 7.06. The van der Waals surface area contributed by atoms with Crippen LogP contribution in [0.25, 0.3) is 0 Å². The van der Waals surface area contributed by atoms with Gasteiger partial charge in [-0.05, 0) is 6.07 Å². The number of hydrogen-bond donors (Lipinski definition) is 3. The van der Waals surface area contributed by atoms with Crippen LogP contribution in [-0.2, 0) is 0 Å². The average molecular weight is 180 g/mol. The van der Waals surface area contributed by atoms with Crippen molar-refractivity contribution in [2.75, 3.05) is 7.05 Å². The quantitative estimate of drug-likeness (QED) is 0.465. The Labute approximate surface area is 75.6 Å². The second-order valence-corrected chi connectivity index (χ2v) is 2.46. The molecule has 3 N–H and O–H groups in total. The van der Waals surface area contributed by atoms with Crippen LogP contribution in [0, 0.1) is 0 Å². The minimum absolute atomic E-state index is 0.195. The Morgan fingerprint density at radius 3 is 2.77 bits per heavy atom. The highest BCUT2D eigenvalue weighted by atomic mass is 16.4. The molecule has 0 unspecified atom stereocenters. The molecule has 0 fully saturated rings. The lowest BCUT2D eigenvalue weighted by molar-refractivity contribution is 0.0963. The Morgan fingerprint density at radius 2 is 2.23 bits per heavy atom. The standard InChI is InChI=1S/C7H9BN2O3/c1-9-7(11)5-2-6(8(12)13)4-10-3-5/h2-4,12-13H,1H3,(H,9,11). The molecular weight excluding hydrogens is 171 g/mol. The van der Waals surface area contributed by atoms with Crippen molar-refractivity contribution in [1.82, 2.24) is 10.3 Å². The van der Waals surface area contributed by atoms with Crippen LogP contribution in [0.2, 0.25) is 0 Å². The maximum Gasteiger partial charge on any atom is 0.490 e. The Hall–Kier alpha value is -1.40. The highest BCUT2D eigenvalue weighted by molar-refractivity contribution is 6.58. The van der Waals surface area contributed by atoms with E-state index in [4.69, 9.17) is 10.0 Å². The van der Waals surface area contributed by atoms with Crippen LogP contribution in [0.3, 0.4) is 0 Å². The second kappa shape index (κ2) is 4.02. The summed E-state index contributed by atoms with van der Waals surface area (Å²) in [5.74, 6) is -0.310. The Bertz CT molecular complexity index is 316. The fourth-order valence-corrected chi connectivity index (χ4v) is 0.867. The molecule has 1 rings (SSSR count). The van der Waals surface area contributed by atoms with Gasteiger partial charge in [-0.15, -0.1) is 0 Å². The summed E-state index contributed by atoms with van der Waals surface area (Å²) in [4.78, 5) is 14.8. The Kier molecular flexibility index (Phi) is 3.00. The predicted molar refractivity (Wildman–Crippen MR) is 47.5 cm³/mol. The highest BCUT2D eigenvalue weighted by Crippen LogP contribution is 1.93. The van der Waals surface area contributed by atoms with E-state index in [-0.39, 0.29) is 11.4 Å². The first-order chi connectivity index (χ1) is 6.15. The van der Waals surface area contributed by atoms with Gasteiger partial charge in [-0.25, -0.2) is 0 Å².